The molecule has 1 unspecified atom stereocenters. The first-order valence-corrected chi connectivity index (χ1v) is 29.5. The van der Waals surface area contributed by atoms with Gasteiger partial charge in [0.15, 0.2) is 6.10 Å². The predicted molar refractivity (Wildman–Crippen MR) is 311 cm³/mol. The standard InChI is InChI=1S/C66H108O6/c1-4-7-10-13-16-19-22-25-28-31-32-33-34-36-38-41-44-47-50-53-56-59-65(68)71-62-63(61-70-64(67)58-55-52-49-46-43-40-37-30-27-24-21-18-15-12-9-6-3)72-66(69)60-57-54-51-48-45-42-39-35-29-26-23-20-17-14-11-8-5-2/h8,11,17,20-22,24-26,29-32,34,36-37,39,42,48,51,63H,4-7,9-10,12-16,18-19,23,27-28,33,35,38,40-41,43-47,49-50,52-62H2,1-3H3/b11-8-,20-17-,24-21-,25-22-,29-26-,32-31-,36-34-,37-30-,42-39-,51-48-. The summed E-state index contributed by atoms with van der Waals surface area (Å²) in [5.41, 5.74) is 0. The molecule has 0 radical (unpaired) electrons. The molecular weight excluding hydrogens is 889 g/mol. The van der Waals surface area contributed by atoms with Crippen molar-refractivity contribution in [3.05, 3.63) is 122 Å². The molecule has 0 aromatic carbocycles. The number of allylic oxidation sites excluding steroid dienone is 20. The molecule has 0 saturated heterocycles. The van der Waals surface area contributed by atoms with Gasteiger partial charge in [-0.2, -0.15) is 0 Å². The lowest BCUT2D eigenvalue weighted by molar-refractivity contribution is -0.167. The van der Waals surface area contributed by atoms with E-state index in [-0.39, 0.29) is 37.5 Å². The van der Waals surface area contributed by atoms with Crippen molar-refractivity contribution < 1.29 is 28.6 Å². The van der Waals surface area contributed by atoms with Crippen LogP contribution in [-0.4, -0.2) is 37.2 Å². The van der Waals surface area contributed by atoms with Gasteiger partial charge >= 0.3 is 17.9 Å². The summed E-state index contributed by atoms with van der Waals surface area (Å²) in [4.78, 5) is 38.2. The molecule has 0 heterocycles. The molecule has 0 fully saturated rings. The molecule has 0 aliphatic heterocycles. The summed E-state index contributed by atoms with van der Waals surface area (Å²) in [6, 6.07) is 0. The molecule has 0 rings (SSSR count). The number of hydrogen-bond donors (Lipinski definition) is 0. The Kier molecular flexibility index (Phi) is 55.9. The highest BCUT2D eigenvalue weighted by molar-refractivity contribution is 5.71. The van der Waals surface area contributed by atoms with E-state index in [1.165, 1.54) is 83.5 Å². The second-order valence-electron chi connectivity index (χ2n) is 19.2. The van der Waals surface area contributed by atoms with Crippen molar-refractivity contribution in [2.45, 2.75) is 264 Å². The molecule has 0 amide bonds. The maximum absolute atomic E-state index is 12.8. The Morgan fingerprint density at radius 3 is 0.903 bits per heavy atom. The monoisotopic (exact) mass is 997 g/mol. The van der Waals surface area contributed by atoms with Crippen molar-refractivity contribution in [2.75, 3.05) is 13.2 Å². The van der Waals surface area contributed by atoms with Crippen LogP contribution in [0.5, 0.6) is 0 Å². The fourth-order valence-electron chi connectivity index (χ4n) is 7.75. The quantitative estimate of drug-likeness (QED) is 0.0261. The van der Waals surface area contributed by atoms with Crippen molar-refractivity contribution in [1.29, 1.82) is 0 Å². The second kappa shape index (κ2) is 59.4. The van der Waals surface area contributed by atoms with Gasteiger partial charge in [0.25, 0.3) is 0 Å². The largest absolute Gasteiger partial charge is 0.462 e. The van der Waals surface area contributed by atoms with Crippen molar-refractivity contribution in [2.24, 2.45) is 0 Å². The minimum Gasteiger partial charge on any atom is -0.462 e. The molecule has 0 spiro atoms. The van der Waals surface area contributed by atoms with E-state index in [4.69, 9.17) is 14.2 Å². The molecule has 72 heavy (non-hydrogen) atoms. The van der Waals surface area contributed by atoms with Crippen LogP contribution >= 0.6 is 0 Å². The Labute approximate surface area is 443 Å². The highest BCUT2D eigenvalue weighted by Crippen LogP contribution is 2.13. The fraction of sp³-hybridized carbons (Fsp3) is 0.652. The third-order valence-corrected chi connectivity index (χ3v) is 12.2. The number of unbranched alkanes of at least 4 members (excludes halogenated alkanes) is 21. The molecule has 0 N–H and O–H groups in total. The highest BCUT2D eigenvalue weighted by Gasteiger charge is 2.19. The van der Waals surface area contributed by atoms with E-state index in [2.05, 4.69) is 142 Å². The van der Waals surface area contributed by atoms with Crippen LogP contribution in [0.2, 0.25) is 0 Å². The third-order valence-electron chi connectivity index (χ3n) is 12.2. The lowest BCUT2D eigenvalue weighted by Crippen LogP contribution is -2.30. The lowest BCUT2D eigenvalue weighted by Gasteiger charge is -2.18. The Hall–Kier alpha value is -4.19. The number of carbonyl (C=O) groups excluding carboxylic acids is 3. The van der Waals surface area contributed by atoms with Crippen LogP contribution in [0, 0.1) is 0 Å². The van der Waals surface area contributed by atoms with E-state index in [1.54, 1.807) is 0 Å². The third kappa shape index (κ3) is 56.7. The van der Waals surface area contributed by atoms with Gasteiger partial charge in [-0.05, 0) is 128 Å². The van der Waals surface area contributed by atoms with Crippen LogP contribution in [0.3, 0.4) is 0 Å². The van der Waals surface area contributed by atoms with Gasteiger partial charge in [0.1, 0.15) is 13.2 Å². The van der Waals surface area contributed by atoms with Gasteiger partial charge in [-0.1, -0.05) is 232 Å². The summed E-state index contributed by atoms with van der Waals surface area (Å²) in [5, 5.41) is 0. The Morgan fingerprint density at radius 1 is 0.292 bits per heavy atom. The average molecular weight is 998 g/mol. The highest BCUT2D eigenvalue weighted by atomic mass is 16.6. The number of esters is 3. The second-order valence-corrected chi connectivity index (χ2v) is 19.2. The number of hydrogen-bond acceptors (Lipinski definition) is 6. The average Bonchev–Trinajstić information content (AvgIpc) is 3.38. The van der Waals surface area contributed by atoms with Gasteiger partial charge in [0.05, 0.1) is 0 Å². The summed E-state index contributed by atoms with van der Waals surface area (Å²) < 4.78 is 16.8. The first-order chi connectivity index (χ1) is 35.5. The molecule has 0 aromatic heterocycles. The summed E-state index contributed by atoms with van der Waals surface area (Å²) in [6.45, 7) is 6.43. The molecule has 0 aliphatic carbocycles. The van der Waals surface area contributed by atoms with Crippen molar-refractivity contribution in [3.8, 4) is 0 Å². The Bertz CT molecular complexity index is 1520. The molecule has 0 aromatic rings. The maximum Gasteiger partial charge on any atom is 0.306 e. The zero-order valence-corrected chi connectivity index (χ0v) is 46.7. The summed E-state index contributed by atoms with van der Waals surface area (Å²) in [7, 11) is 0. The van der Waals surface area contributed by atoms with Crippen LogP contribution < -0.4 is 0 Å². The minimum absolute atomic E-state index is 0.115. The summed E-state index contributed by atoms with van der Waals surface area (Å²) in [6.07, 6.45) is 81.9. The van der Waals surface area contributed by atoms with Crippen LogP contribution in [0.25, 0.3) is 0 Å². The molecule has 1 atom stereocenters. The van der Waals surface area contributed by atoms with E-state index >= 15 is 0 Å². The van der Waals surface area contributed by atoms with E-state index in [0.29, 0.717) is 19.3 Å². The summed E-state index contributed by atoms with van der Waals surface area (Å²) in [5.74, 6) is -1.00. The fourth-order valence-corrected chi connectivity index (χ4v) is 7.75. The van der Waals surface area contributed by atoms with Crippen molar-refractivity contribution in [1.82, 2.24) is 0 Å². The molecule has 0 saturated carbocycles. The van der Waals surface area contributed by atoms with Crippen molar-refractivity contribution >= 4 is 17.9 Å². The SMILES string of the molecule is CC/C=C\C/C=C\C/C=C\C/C=C\C/C=C\CCCC(=O)OC(COC(=O)CCCCCCC/C=C\C/C=C\CCCCCC)COC(=O)CCCCCCCC/C=C\C/C=C\C/C=C\CCCCCCC. The molecule has 6 heteroatoms. The number of carbonyl (C=O) groups is 3. The maximum atomic E-state index is 12.8. The summed E-state index contributed by atoms with van der Waals surface area (Å²) >= 11 is 0. The first kappa shape index (κ1) is 67.8. The van der Waals surface area contributed by atoms with Crippen molar-refractivity contribution in [3.63, 3.8) is 0 Å². The van der Waals surface area contributed by atoms with Gasteiger partial charge in [-0.25, -0.2) is 0 Å². The number of rotatable bonds is 52. The van der Waals surface area contributed by atoms with E-state index in [9.17, 15) is 14.4 Å². The predicted octanol–water partition coefficient (Wildman–Crippen LogP) is 20.0. The van der Waals surface area contributed by atoms with Gasteiger partial charge in [-0.15, -0.1) is 0 Å². The minimum atomic E-state index is -0.824. The zero-order valence-electron chi connectivity index (χ0n) is 46.7. The first-order valence-electron chi connectivity index (χ1n) is 29.5. The van der Waals surface area contributed by atoms with Crippen LogP contribution in [-0.2, 0) is 28.6 Å². The normalized spacial score (nSPS) is 13.0. The van der Waals surface area contributed by atoms with Gasteiger partial charge < -0.3 is 14.2 Å². The van der Waals surface area contributed by atoms with Crippen LogP contribution in [0.1, 0.15) is 258 Å². The molecule has 408 valence electrons. The smallest absolute Gasteiger partial charge is 0.306 e. The number of ether oxygens (including phenoxy) is 3. The van der Waals surface area contributed by atoms with Gasteiger partial charge in [0, 0.05) is 19.3 Å². The molecular formula is C66H108O6. The van der Waals surface area contributed by atoms with Gasteiger partial charge in [-0.3, -0.25) is 14.4 Å². The Balaban J connectivity index is 4.52. The molecule has 0 bridgehead atoms. The van der Waals surface area contributed by atoms with E-state index in [1.807, 2.05) is 0 Å². The molecule has 0 aliphatic rings. The van der Waals surface area contributed by atoms with Gasteiger partial charge in [0.2, 0.25) is 0 Å². The topological polar surface area (TPSA) is 78.9 Å². The van der Waals surface area contributed by atoms with E-state index in [0.717, 1.165) is 128 Å². The van der Waals surface area contributed by atoms with Crippen LogP contribution in [0.15, 0.2) is 122 Å². The lowest BCUT2D eigenvalue weighted by atomic mass is 10.1. The van der Waals surface area contributed by atoms with E-state index < -0.39 is 6.10 Å². The van der Waals surface area contributed by atoms with Crippen LogP contribution in [0.4, 0.5) is 0 Å². The molecule has 6 nitrogen and oxygen atoms in total. The zero-order chi connectivity index (χ0) is 52.2. The Morgan fingerprint density at radius 2 is 0.556 bits per heavy atom.